The highest BCUT2D eigenvalue weighted by Gasteiger charge is 2.15. The number of fused-ring (bicyclic) bond motifs is 1. The first-order valence-corrected chi connectivity index (χ1v) is 10.3. The van der Waals surface area contributed by atoms with Crippen LogP contribution < -0.4 is 10.6 Å². The van der Waals surface area contributed by atoms with Crippen LogP contribution in [-0.4, -0.2) is 19.5 Å². The number of aryl methyl sites for hydroxylation is 3. The van der Waals surface area contributed by atoms with Crippen molar-refractivity contribution in [3.8, 4) is 12.1 Å². The quantitative estimate of drug-likeness (QED) is 0.411. The number of allylic oxidation sites excluding steroid dienone is 1. The van der Waals surface area contributed by atoms with Gasteiger partial charge in [0.1, 0.15) is 0 Å². The summed E-state index contributed by atoms with van der Waals surface area (Å²) >= 11 is 0. The summed E-state index contributed by atoms with van der Waals surface area (Å²) in [5, 5.41) is 24.7. The van der Waals surface area contributed by atoms with Crippen molar-refractivity contribution in [2.45, 2.75) is 20.8 Å². The smallest absolute Gasteiger partial charge is 0.231 e. The Kier molecular flexibility index (Phi) is 5.75. The van der Waals surface area contributed by atoms with Crippen molar-refractivity contribution in [3.63, 3.8) is 0 Å². The predicted octanol–water partition coefficient (Wildman–Crippen LogP) is 5.27. The average Bonchev–Trinajstić information content (AvgIpc) is 3.17. The molecule has 0 saturated carbocycles. The first kappa shape index (κ1) is 21.5. The number of nitriles is 2. The van der Waals surface area contributed by atoms with Crippen LogP contribution in [0.3, 0.4) is 0 Å². The topological polar surface area (TPSA) is 115 Å². The van der Waals surface area contributed by atoms with Crippen molar-refractivity contribution in [2.24, 2.45) is 7.05 Å². The van der Waals surface area contributed by atoms with Crippen molar-refractivity contribution in [3.05, 3.63) is 70.6 Å². The van der Waals surface area contributed by atoms with Crippen LogP contribution in [0.4, 0.5) is 23.1 Å². The van der Waals surface area contributed by atoms with Crippen LogP contribution in [0.15, 0.2) is 48.3 Å². The molecule has 0 aliphatic rings. The highest BCUT2D eigenvalue weighted by atomic mass is 15.2. The maximum absolute atomic E-state index is 9.07. The molecular weight excluding hydrogens is 412 g/mol. The minimum absolute atomic E-state index is 0.415. The van der Waals surface area contributed by atoms with Crippen LogP contribution in [0.2, 0.25) is 0 Å². The molecule has 8 heteroatoms. The van der Waals surface area contributed by atoms with Gasteiger partial charge in [-0.3, -0.25) is 0 Å². The fourth-order valence-electron chi connectivity index (χ4n) is 3.59. The van der Waals surface area contributed by atoms with Gasteiger partial charge in [-0.25, -0.2) is 4.98 Å². The zero-order valence-electron chi connectivity index (χ0n) is 18.8. The standard InChI is InChI=1S/C25H22N8/c1-15(12-26)9-19-10-16(2)21(17(3)11-19)30-23-22-24(33(4)14-28-22)32-25(31-23)29-20-7-5-18(13-27)6-8-20/h5-11,14H,1-4H3,(H2,29,30,31,32)/b15-9+. The lowest BCUT2D eigenvalue weighted by atomic mass is 10.0. The minimum Gasteiger partial charge on any atom is -0.338 e. The van der Waals surface area contributed by atoms with E-state index in [4.69, 9.17) is 10.5 Å². The van der Waals surface area contributed by atoms with E-state index < -0.39 is 0 Å². The molecule has 0 aliphatic carbocycles. The Morgan fingerprint density at radius 1 is 1.03 bits per heavy atom. The molecule has 4 rings (SSSR count). The third kappa shape index (κ3) is 4.51. The summed E-state index contributed by atoms with van der Waals surface area (Å²) in [5.41, 5.74) is 7.30. The van der Waals surface area contributed by atoms with Crippen molar-refractivity contribution in [1.82, 2.24) is 19.5 Å². The van der Waals surface area contributed by atoms with Crippen LogP contribution in [0.5, 0.6) is 0 Å². The molecule has 0 radical (unpaired) electrons. The van der Waals surface area contributed by atoms with Gasteiger partial charge in [0.15, 0.2) is 17.0 Å². The second kappa shape index (κ2) is 8.81. The predicted molar refractivity (Wildman–Crippen MR) is 129 cm³/mol. The Morgan fingerprint density at radius 3 is 2.36 bits per heavy atom. The van der Waals surface area contributed by atoms with Crippen LogP contribution in [0.25, 0.3) is 17.2 Å². The minimum atomic E-state index is 0.415. The van der Waals surface area contributed by atoms with Crippen molar-refractivity contribution in [1.29, 1.82) is 10.5 Å². The molecule has 2 aromatic carbocycles. The summed E-state index contributed by atoms with van der Waals surface area (Å²) in [5.74, 6) is 0.997. The summed E-state index contributed by atoms with van der Waals surface area (Å²) in [6.45, 7) is 5.82. The molecule has 0 atom stereocenters. The molecule has 0 bridgehead atoms. The number of rotatable bonds is 5. The van der Waals surface area contributed by atoms with Gasteiger partial charge in [0.25, 0.3) is 0 Å². The lowest BCUT2D eigenvalue weighted by molar-refractivity contribution is 0.929. The molecule has 162 valence electrons. The van der Waals surface area contributed by atoms with E-state index in [1.807, 2.05) is 55.8 Å². The third-order valence-electron chi connectivity index (χ3n) is 5.19. The first-order chi connectivity index (χ1) is 15.9. The molecule has 0 spiro atoms. The Balaban J connectivity index is 1.73. The summed E-state index contributed by atoms with van der Waals surface area (Å²) in [4.78, 5) is 13.8. The molecule has 2 aromatic heterocycles. The molecule has 0 aliphatic heterocycles. The van der Waals surface area contributed by atoms with Gasteiger partial charge in [-0.15, -0.1) is 0 Å². The monoisotopic (exact) mass is 434 g/mol. The molecule has 2 heterocycles. The maximum atomic E-state index is 9.07. The Morgan fingerprint density at radius 2 is 1.73 bits per heavy atom. The van der Waals surface area contributed by atoms with Crippen LogP contribution in [0, 0.1) is 36.5 Å². The largest absolute Gasteiger partial charge is 0.338 e. The second-order valence-corrected chi connectivity index (χ2v) is 7.83. The van der Waals surface area contributed by atoms with Crippen LogP contribution in [-0.2, 0) is 7.05 Å². The Bertz CT molecular complexity index is 1440. The molecule has 0 unspecified atom stereocenters. The lowest BCUT2D eigenvalue weighted by Crippen LogP contribution is -2.05. The highest BCUT2D eigenvalue weighted by Crippen LogP contribution is 2.30. The van der Waals surface area contributed by atoms with Gasteiger partial charge in [-0.2, -0.15) is 20.5 Å². The number of hydrogen-bond acceptors (Lipinski definition) is 7. The zero-order chi connectivity index (χ0) is 23.5. The third-order valence-corrected chi connectivity index (χ3v) is 5.19. The summed E-state index contributed by atoms with van der Waals surface area (Å²) in [6.07, 6.45) is 3.57. The fraction of sp³-hybridized carbons (Fsp3) is 0.160. The highest BCUT2D eigenvalue weighted by molar-refractivity contribution is 5.88. The van der Waals surface area contributed by atoms with Gasteiger partial charge >= 0.3 is 0 Å². The van der Waals surface area contributed by atoms with Gasteiger partial charge in [0, 0.05) is 24.0 Å². The number of benzene rings is 2. The summed E-state index contributed by atoms with van der Waals surface area (Å²) in [7, 11) is 1.88. The second-order valence-electron chi connectivity index (χ2n) is 7.83. The molecule has 0 fully saturated rings. The normalized spacial score (nSPS) is 11.2. The molecule has 33 heavy (non-hydrogen) atoms. The summed E-state index contributed by atoms with van der Waals surface area (Å²) < 4.78 is 1.84. The van der Waals surface area contributed by atoms with E-state index in [0.717, 1.165) is 28.1 Å². The molecule has 8 nitrogen and oxygen atoms in total. The van der Waals surface area contributed by atoms with Gasteiger partial charge in [0.05, 0.1) is 24.0 Å². The molecule has 0 amide bonds. The van der Waals surface area contributed by atoms with Gasteiger partial charge in [0.2, 0.25) is 5.95 Å². The van der Waals surface area contributed by atoms with Gasteiger partial charge in [-0.1, -0.05) is 0 Å². The number of aromatic nitrogens is 4. The van der Waals surface area contributed by atoms with E-state index in [1.54, 1.807) is 25.4 Å². The first-order valence-electron chi connectivity index (χ1n) is 10.3. The Labute approximate surface area is 191 Å². The number of anilines is 4. The number of nitrogens with one attached hydrogen (secondary N) is 2. The number of nitrogens with zero attached hydrogens (tertiary/aromatic N) is 6. The zero-order valence-corrected chi connectivity index (χ0v) is 18.8. The van der Waals surface area contributed by atoms with E-state index in [1.165, 1.54) is 0 Å². The Hall–Kier alpha value is -4.69. The van der Waals surface area contributed by atoms with Crippen molar-refractivity contribution >= 4 is 40.4 Å². The van der Waals surface area contributed by atoms with Gasteiger partial charge < -0.3 is 15.2 Å². The maximum Gasteiger partial charge on any atom is 0.231 e. The molecule has 2 N–H and O–H groups in total. The van der Waals surface area contributed by atoms with E-state index in [0.29, 0.717) is 34.1 Å². The lowest BCUT2D eigenvalue weighted by Gasteiger charge is -2.15. The molecular formula is C25H22N8. The van der Waals surface area contributed by atoms with Crippen molar-refractivity contribution in [2.75, 3.05) is 10.6 Å². The molecule has 4 aromatic rings. The average molecular weight is 435 g/mol. The summed E-state index contributed by atoms with van der Waals surface area (Å²) in [6, 6.07) is 15.4. The van der Waals surface area contributed by atoms with Gasteiger partial charge in [-0.05, 0) is 79.9 Å². The molecule has 0 saturated heterocycles. The van der Waals surface area contributed by atoms with Crippen LogP contribution in [0.1, 0.15) is 29.2 Å². The van der Waals surface area contributed by atoms with E-state index in [2.05, 4.69) is 37.7 Å². The van der Waals surface area contributed by atoms with Crippen LogP contribution >= 0.6 is 0 Å². The fourth-order valence-corrected chi connectivity index (χ4v) is 3.59. The van der Waals surface area contributed by atoms with Crippen molar-refractivity contribution < 1.29 is 0 Å². The van der Waals surface area contributed by atoms with E-state index in [9.17, 15) is 0 Å². The number of imidazole rings is 1. The number of hydrogen-bond donors (Lipinski definition) is 2. The SMILES string of the molecule is C/C(C#N)=C\c1cc(C)c(Nc2nc(Nc3ccc(C#N)cc3)nc3c2ncn3C)c(C)c1. The van der Waals surface area contributed by atoms with E-state index in [-0.39, 0.29) is 0 Å². The van der Waals surface area contributed by atoms with E-state index >= 15 is 0 Å².